The molecule has 0 N–H and O–H groups in total. The number of carbonyl (C=O) groups excluding carboxylic acids is 2. The standard InChI is InChI=1S/C13H22O4/c1-6-17-12(15)13(4,5)11(14)9-16-8-7-10(2)3/h2,6-9H2,1,3-5H3. The van der Waals surface area contributed by atoms with E-state index in [9.17, 15) is 9.59 Å². The average molecular weight is 242 g/mol. The zero-order valence-corrected chi connectivity index (χ0v) is 11.2. The zero-order chi connectivity index (χ0) is 13.5. The molecule has 0 spiro atoms. The van der Waals surface area contributed by atoms with Crippen molar-refractivity contribution in [2.45, 2.75) is 34.1 Å². The summed E-state index contributed by atoms with van der Waals surface area (Å²) < 4.78 is 10.0. The summed E-state index contributed by atoms with van der Waals surface area (Å²) in [5.74, 6) is -0.772. The number of carbonyl (C=O) groups is 2. The van der Waals surface area contributed by atoms with Crippen LogP contribution >= 0.6 is 0 Å². The Kier molecular flexibility index (Phi) is 6.73. The number of ketones is 1. The number of rotatable bonds is 8. The molecule has 0 aliphatic heterocycles. The van der Waals surface area contributed by atoms with Crippen LogP contribution in [0.4, 0.5) is 0 Å². The maximum atomic E-state index is 11.8. The molecule has 0 aliphatic carbocycles. The first-order valence-electron chi connectivity index (χ1n) is 5.75. The molecule has 0 heterocycles. The van der Waals surface area contributed by atoms with Crippen molar-refractivity contribution in [3.05, 3.63) is 12.2 Å². The molecule has 0 rings (SSSR count). The second kappa shape index (κ2) is 7.22. The molecule has 0 radical (unpaired) electrons. The zero-order valence-electron chi connectivity index (χ0n) is 11.2. The molecule has 0 aromatic rings. The predicted octanol–water partition coefficient (Wildman–Crippen LogP) is 2.13. The van der Waals surface area contributed by atoms with Crippen LogP contribution in [0.25, 0.3) is 0 Å². The van der Waals surface area contributed by atoms with Crippen LogP contribution in [0.1, 0.15) is 34.1 Å². The highest BCUT2D eigenvalue weighted by Crippen LogP contribution is 2.19. The molecule has 0 aromatic heterocycles. The van der Waals surface area contributed by atoms with Crippen molar-refractivity contribution in [2.75, 3.05) is 19.8 Å². The van der Waals surface area contributed by atoms with Gasteiger partial charge in [-0.25, -0.2) is 0 Å². The molecule has 4 nitrogen and oxygen atoms in total. The lowest BCUT2D eigenvalue weighted by Gasteiger charge is -2.20. The number of esters is 1. The second-order valence-corrected chi connectivity index (χ2v) is 4.53. The first-order chi connectivity index (χ1) is 7.82. The van der Waals surface area contributed by atoms with E-state index in [2.05, 4.69) is 6.58 Å². The second-order valence-electron chi connectivity index (χ2n) is 4.53. The third-order valence-electron chi connectivity index (χ3n) is 2.39. The van der Waals surface area contributed by atoms with Gasteiger partial charge in [-0.3, -0.25) is 9.59 Å². The van der Waals surface area contributed by atoms with Gasteiger partial charge in [0.05, 0.1) is 13.2 Å². The molecule has 17 heavy (non-hydrogen) atoms. The minimum Gasteiger partial charge on any atom is -0.465 e. The van der Waals surface area contributed by atoms with E-state index < -0.39 is 11.4 Å². The van der Waals surface area contributed by atoms with Gasteiger partial charge in [0.15, 0.2) is 5.78 Å². The van der Waals surface area contributed by atoms with Crippen molar-refractivity contribution in [1.82, 2.24) is 0 Å². The first kappa shape index (κ1) is 15.8. The Labute approximate surface area is 103 Å². The van der Waals surface area contributed by atoms with Crippen LogP contribution in [-0.2, 0) is 19.1 Å². The highest BCUT2D eigenvalue weighted by Gasteiger charge is 2.37. The van der Waals surface area contributed by atoms with Crippen LogP contribution in [0.15, 0.2) is 12.2 Å². The van der Waals surface area contributed by atoms with Crippen LogP contribution in [-0.4, -0.2) is 31.6 Å². The lowest BCUT2D eigenvalue weighted by atomic mass is 9.88. The molecule has 98 valence electrons. The van der Waals surface area contributed by atoms with E-state index in [1.807, 2.05) is 6.92 Å². The number of hydrogen-bond acceptors (Lipinski definition) is 4. The van der Waals surface area contributed by atoms with Crippen molar-refractivity contribution >= 4 is 11.8 Å². The summed E-state index contributed by atoms with van der Waals surface area (Å²) in [6.45, 7) is 11.1. The summed E-state index contributed by atoms with van der Waals surface area (Å²) in [6.07, 6.45) is 0.715. The Hall–Kier alpha value is -1.16. The van der Waals surface area contributed by atoms with Gasteiger partial charge >= 0.3 is 5.97 Å². The Morgan fingerprint density at radius 3 is 2.35 bits per heavy atom. The molecule has 0 saturated carbocycles. The summed E-state index contributed by atoms with van der Waals surface area (Å²) in [4.78, 5) is 23.3. The van der Waals surface area contributed by atoms with Gasteiger partial charge in [0, 0.05) is 0 Å². The van der Waals surface area contributed by atoms with Crippen molar-refractivity contribution in [3.8, 4) is 0 Å². The fraction of sp³-hybridized carbons (Fsp3) is 0.692. The lowest BCUT2D eigenvalue weighted by Crippen LogP contribution is -2.37. The molecular weight excluding hydrogens is 220 g/mol. The van der Waals surface area contributed by atoms with Gasteiger partial charge in [-0.15, -0.1) is 6.58 Å². The largest absolute Gasteiger partial charge is 0.465 e. The smallest absolute Gasteiger partial charge is 0.319 e. The molecule has 0 aromatic carbocycles. The number of hydrogen-bond donors (Lipinski definition) is 0. The molecule has 0 atom stereocenters. The van der Waals surface area contributed by atoms with Crippen LogP contribution in [0.2, 0.25) is 0 Å². The van der Waals surface area contributed by atoms with Gasteiger partial charge in [0.2, 0.25) is 0 Å². The van der Waals surface area contributed by atoms with Crippen molar-refractivity contribution in [2.24, 2.45) is 5.41 Å². The van der Waals surface area contributed by atoms with E-state index in [-0.39, 0.29) is 19.0 Å². The van der Waals surface area contributed by atoms with E-state index in [0.29, 0.717) is 13.0 Å². The average Bonchev–Trinajstić information content (AvgIpc) is 2.23. The van der Waals surface area contributed by atoms with Crippen LogP contribution in [0, 0.1) is 5.41 Å². The van der Waals surface area contributed by atoms with Gasteiger partial charge in [-0.05, 0) is 34.1 Å². The quantitative estimate of drug-likeness (QED) is 0.283. The van der Waals surface area contributed by atoms with E-state index in [1.54, 1.807) is 20.8 Å². The molecule has 0 aliphatic rings. The van der Waals surface area contributed by atoms with Gasteiger partial charge < -0.3 is 9.47 Å². The Morgan fingerprint density at radius 2 is 1.88 bits per heavy atom. The Morgan fingerprint density at radius 1 is 1.29 bits per heavy atom. The summed E-state index contributed by atoms with van der Waals surface area (Å²) in [6, 6.07) is 0. The molecule has 0 fully saturated rings. The minimum absolute atomic E-state index is 0.0703. The summed E-state index contributed by atoms with van der Waals surface area (Å²) in [7, 11) is 0. The Bertz CT molecular complexity index is 292. The molecule has 4 heteroatoms. The van der Waals surface area contributed by atoms with E-state index >= 15 is 0 Å². The van der Waals surface area contributed by atoms with E-state index in [1.165, 1.54) is 0 Å². The van der Waals surface area contributed by atoms with E-state index in [4.69, 9.17) is 9.47 Å². The Balaban J connectivity index is 4.11. The topological polar surface area (TPSA) is 52.6 Å². The van der Waals surface area contributed by atoms with Gasteiger partial charge in [-0.2, -0.15) is 0 Å². The van der Waals surface area contributed by atoms with Crippen LogP contribution in [0.5, 0.6) is 0 Å². The molecule has 0 bridgehead atoms. The SMILES string of the molecule is C=C(C)CCOCC(=O)C(C)(C)C(=O)OCC. The van der Waals surface area contributed by atoms with Crippen LogP contribution in [0.3, 0.4) is 0 Å². The summed E-state index contributed by atoms with van der Waals surface area (Å²) >= 11 is 0. The first-order valence-corrected chi connectivity index (χ1v) is 5.75. The molecular formula is C13H22O4. The lowest BCUT2D eigenvalue weighted by molar-refractivity contribution is -0.159. The van der Waals surface area contributed by atoms with E-state index in [0.717, 1.165) is 5.57 Å². The fourth-order valence-electron chi connectivity index (χ4n) is 1.02. The monoisotopic (exact) mass is 242 g/mol. The van der Waals surface area contributed by atoms with Gasteiger partial charge in [-0.1, -0.05) is 5.57 Å². The van der Waals surface area contributed by atoms with Crippen molar-refractivity contribution < 1.29 is 19.1 Å². The fourth-order valence-corrected chi connectivity index (χ4v) is 1.02. The third-order valence-corrected chi connectivity index (χ3v) is 2.39. The third kappa shape index (κ3) is 5.63. The summed E-state index contributed by atoms with van der Waals surface area (Å²) in [5.41, 5.74) is -0.138. The highest BCUT2D eigenvalue weighted by atomic mass is 16.5. The number of Topliss-reactive ketones (excluding diaryl/α,β-unsaturated/α-hetero) is 1. The molecule has 0 unspecified atom stereocenters. The normalized spacial score (nSPS) is 11.1. The maximum Gasteiger partial charge on any atom is 0.319 e. The maximum absolute atomic E-state index is 11.8. The van der Waals surface area contributed by atoms with Crippen LogP contribution < -0.4 is 0 Å². The minimum atomic E-state index is -1.14. The van der Waals surface area contributed by atoms with Crippen molar-refractivity contribution in [3.63, 3.8) is 0 Å². The van der Waals surface area contributed by atoms with Gasteiger partial charge in [0.25, 0.3) is 0 Å². The van der Waals surface area contributed by atoms with Gasteiger partial charge in [0.1, 0.15) is 12.0 Å². The molecule has 0 amide bonds. The predicted molar refractivity (Wildman–Crippen MR) is 65.7 cm³/mol. The van der Waals surface area contributed by atoms with Crippen molar-refractivity contribution in [1.29, 1.82) is 0 Å². The highest BCUT2D eigenvalue weighted by molar-refractivity contribution is 6.03. The number of ether oxygens (including phenoxy) is 2. The molecule has 0 saturated heterocycles. The summed E-state index contributed by atoms with van der Waals surface area (Å²) in [5, 5.41) is 0.